The Bertz CT molecular complexity index is 520. The zero-order valence-electron chi connectivity index (χ0n) is 15.5. The second kappa shape index (κ2) is 12.9. The third-order valence-electron chi connectivity index (χ3n) is 5.11. The van der Waals surface area contributed by atoms with Gasteiger partial charge in [-0.05, 0) is 59.3 Å². The second-order valence-corrected chi connectivity index (χ2v) is 9.94. The summed E-state index contributed by atoms with van der Waals surface area (Å²) in [5.74, 6) is 0. The van der Waals surface area contributed by atoms with Crippen molar-refractivity contribution >= 4 is 26.7 Å². The van der Waals surface area contributed by atoms with Gasteiger partial charge in [-0.1, -0.05) is 82.4 Å². The summed E-state index contributed by atoms with van der Waals surface area (Å²) in [6, 6.07) is 9.84. The molecule has 0 heterocycles. The van der Waals surface area contributed by atoms with Crippen molar-refractivity contribution in [1.29, 1.82) is 0 Å². The standard InChI is InChI=1S/C22H33BrOS/c23-22(25(24)21-18-14-11-15-19-21)20-16-12-9-7-5-3-1-2-4-6-8-10-13-17-20/h11,14-15,18-19H,1-10,12-13,16-17H2. The first-order valence-corrected chi connectivity index (χ1v) is 12.1. The van der Waals surface area contributed by atoms with Gasteiger partial charge in [-0.15, -0.1) is 0 Å². The van der Waals surface area contributed by atoms with Crippen LogP contribution in [0, 0.1) is 0 Å². The van der Waals surface area contributed by atoms with Gasteiger partial charge in [0.15, 0.2) is 0 Å². The molecular weight excluding hydrogens is 392 g/mol. The van der Waals surface area contributed by atoms with Gasteiger partial charge in [0.05, 0.1) is 14.6 Å². The minimum atomic E-state index is -1.07. The first-order valence-electron chi connectivity index (χ1n) is 10.1. The fourth-order valence-electron chi connectivity index (χ4n) is 3.54. The normalized spacial score (nSPS) is 20.3. The van der Waals surface area contributed by atoms with E-state index < -0.39 is 10.8 Å². The van der Waals surface area contributed by atoms with Crippen LogP contribution in [0.15, 0.2) is 44.6 Å². The smallest absolute Gasteiger partial charge is 0.0920 e. The highest BCUT2D eigenvalue weighted by Gasteiger charge is 2.13. The lowest BCUT2D eigenvalue weighted by Crippen LogP contribution is -1.97. The predicted octanol–water partition coefficient (Wildman–Crippen LogP) is 7.88. The molecule has 0 N–H and O–H groups in total. The van der Waals surface area contributed by atoms with E-state index in [1.807, 2.05) is 30.3 Å². The summed E-state index contributed by atoms with van der Waals surface area (Å²) in [6.45, 7) is 0. The molecule has 0 spiro atoms. The Kier molecular flexibility index (Phi) is 10.8. The lowest BCUT2D eigenvalue weighted by atomic mass is 10.0. The fraction of sp³-hybridized carbons (Fsp3) is 0.636. The van der Waals surface area contributed by atoms with Gasteiger partial charge in [0.25, 0.3) is 0 Å². The number of benzene rings is 1. The van der Waals surface area contributed by atoms with Gasteiger partial charge in [0.1, 0.15) is 0 Å². The van der Waals surface area contributed by atoms with Crippen molar-refractivity contribution in [3.63, 3.8) is 0 Å². The molecule has 1 atom stereocenters. The lowest BCUT2D eigenvalue weighted by Gasteiger charge is -2.12. The third-order valence-corrected chi connectivity index (χ3v) is 7.86. The summed E-state index contributed by atoms with van der Waals surface area (Å²) in [7, 11) is -1.07. The lowest BCUT2D eigenvalue weighted by molar-refractivity contribution is 0.548. The van der Waals surface area contributed by atoms with E-state index in [4.69, 9.17) is 0 Å². The van der Waals surface area contributed by atoms with Gasteiger partial charge >= 0.3 is 0 Å². The van der Waals surface area contributed by atoms with Gasteiger partial charge < -0.3 is 0 Å². The summed E-state index contributed by atoms with van der Waals surface area (Å²) in [5.41, 5.74) is 1.39. The number of allylic oxidation sites excluding steroid dienone is 1. The van der Waals surface area contributed by atoms with E-state index in [0.29, 0.717) is 0 Å². The van der Waals surface area contributed by atoms with Crippen molar-refractivity contribution in [2.75, 3.05) is 0 Å². The minimum absolute atomic E-state index is 0.901. The van der Waals surface area contributed by atoms with E-state index in [2.05, 4.69) is 15.9 Å². The van der Waals surface area contributed by atoms with Crippen LogP contribution in [0.4, 0.5) is 0 Å². The molecule has 0 aliphatic heterocycles. The van der Waals surface area contributed by atoms with Crippen molar-refractivity contribution in [2.45, 2.75) is 94.8 Å². The summed E-state index contributed by atoms with van der Waals surface area (Å²) < 4.78 is 13.8. The highest BCUT2D eigenvalue weighted by molar-refractivity contribution is 9.13. The molecule has 1 aromatic carbocycles. The van der Waals surface area contributed by atoms with Crippen LogP contribution in [0.25, 0.3) is 0 Å². The van der Waals surface area contributed by atoms with Crippen molar-refractivity contribution in [2.24, 2.45) is 0 Å². The molecule has 1 nitrogen and oxygen atoms in total. The Morgan fingerprint density at radius 3 is 1.52 bits per heavy atom. The zero-order chi connectivity index (χ0) is 17.7. The molecule has 3 heteroatoms. The van der Waals surface area contributed by atoms with Crippen molar-refractivity contribution < 1.29 is 4.21 Å². The van der Waals surface area contributed by atoms with E-state index >= 15 is 0 Å². The van der Waals surface area contributed by atoms with Crippen molar-refractivity contribution in [3.05, 3.63) is 39.7 Å². The van der Waals surface area contributed by atoms with Gasteiger partial charge in [-0.25, -0.2) is 4.21 Å². The van der Waals surface area contributed by atoms with Crippen LogP contribution in [0.1, 0.15) is 89.9 Å². The molecule has 1 fully saturated rings. The number of hydrogen-bond acceptors (Lipinski definition) is 1. The Hall–Kier alpha value is -0.410. The molecule has 0 amide bonds. The van der Waals surface area contributed by atoms with E-state index in [0.717, 1.165) is 21.6 Å². The highest BCUT2D eigenvalue weighted by atomic mass is 79.9. The third kappa shape index (κ3) is 8.21. The van der Waals surface area contributed by atoms with Crippen LogP contribution in [-0.4, -0.2) is 4.21 Å². The molecule has 0 bridgehead atoms. The molecule has 25 heavy (non-hydrogen) atoms. The van der Waals surface area contributed by atoms with E-state index in [1.165, 1.54) is 82.6 Å². The Morgan fingerprint density at radius 2 is 1.08 bits per heavy atom. The summed E-state index contributed by atoms with van der Waals surface area (Å²) in [6.07, 6.45) is 18.4. The van der Waals surface area contributed by atoms with Crippen LogP contribution >= 0.6 is 15.9 Å². The Labute approximate surface area is 165 Å². The first kappa shape index (κ1) is 20.9. The largest absolute Gasteiger partial charge is 0.249 e. The molecule has 1 aliphatic rings. The van der Waals surface area contributed by atoms with Crippen molar-refractivity contribution in [3.8, 4) is 0 Å². The monoisotopic (exact) mass is 424 g/mol. The zero-order valence-corrected chi connectivity index (χ0v) is 17.9. The average molecular weight is 425 g/mol. The van der Waals surface area contributed by atoms with E-state index in [9.17, 15) is 4.21 Å². The van der Waals surface area contributed by atoms with Gasteiger partial charge in [0, 0.05) is 4.90 Å². The van der Waals surface area contributed by atoms with E-state index in [-0.39, 0.29) is 0 Å². The van der Waals surface area contributed by atoms with Gasteiger partial charge in [-0.3, -0.25) is 0 Å². The highest BCUT2D eigenvalue weighted by Crippen LogP contribution is 2.30. The topological polar surface area (TPSA) is 17.1 Å². The Morgan fingerprint density at radius 1 is 0.680 bits per heavy atom. The summed E-state index contributed by atoms with van der Waals surface area (Å²) in [4.78, 5) is 0.901. The van der Waals surface area contributed by atoms with Crippen LogP contribution < -0.4 is 0 Å². The van der Waals surface area contributed by atoms with Crippen molar-refractivity contribution in [1.82, 2.24) is 0 Å². The first-order chi connectivity index (χ1) is 12.3. The maximum absolute atomic E-state index is 12.9. The van der Waals surface area contributed by atoms with E-state index in [1.54, 1.807) is 0 Å². The molecule has 2 rings (SSSR count). The molecule has 0 radical (unpaired) electrons. The molecule has 0 aromatic heterocycles. The molecule has 1 saturated carbocycles. The Balaban J connectivity index is 2.00. The number of halogens is 1. The average Bonchev–Trinajstić information content (AvgIpc) is 2.66. The molecule has 0 saturated heterocycles. The summed E-state index contributed by atoms with van der Waals surface area (Å²) >= 11 is 3.70. The minimum Gasteiger partial charge on any atom is -0.249 e. The number of hydrogen-bond donors (Lipinski definition) is 0. The number of rotatable bonds is 2. The molecule has 1 aliphatic carbocycles. The SMILES string of the molecule is O=S(C(Br)=C1CCCCCCCCCCCCCC1)c1ccccc1. The maximum atomic E-state index is 12.9. The van der Waals surface area contributed by atoms with Crippen LogP contribution in [-0.2, 0) is 10.8 Å². The molecule has 1 unspecified atom stereocenters. The fourth-order valence-corrected chi connectivity index (χ4v) is 5.58. The quantitative estimate of drug-likeness (QED) is 0.471. The maximum Gasteiger partial charge on any atom is 0.0920 e. The molecule has 140 valence electrons. The molecule has 1 aromatic rings. The van der Waals surface area contributed by atoms with Gasteiger partial charge in [0.2, 0.25) is 0 Å². The molecular formula is C22H33BrOS. The second-order valence-electron chi connectivity index (χ2n) is 7.20. The summed E-state index contributed by atoms with van der Waals surface area (Å²) in [5, 5.41) is 0. The van der Waals surface area contributed by atoms with Crippen LogP contribution in [0.3, 0.4) is 0 Å². The van der Waals surface area contributed by atoms with Gasteiger partial charge in [-0.2, -0.15) is 0 Å². The predicted molar refractivity (Wildman–Crippen MR) is 113 cm³/mol. The van der Waals surface area contributed by atoms with Crippen LogP contribution in [0.2, 0.25) is 0 Å². The van der Waals surface area contributed by atoms with Crippen LogP contribution in [0.5, 0.6) is 0 Å².